The summed E-state index contributed by atoms with van der Waals surface area (Å²) in [5.74, 6) is 1.13. The maximum atomic E-state index is 12.6. The Morgan fingerprint density at radius 1 is 1.03 bits per heavy atom. The molecule has 1 aliphatic heterocycles. The second-order valence-electron chi connectivity index (χ2n) is 6.76. The van der Waals surface area contributed by atoms with Crippen molar-refractivity contribution < 1.29 is 13.2 Å². The highest BCUT2D eigenvalue weighted by Crippen LogP contribution is 2.28. The summed E-state index contributed by atoms with van der Waals surface area (Å²) in [6.07, 6.45) is -0.105. The van der Waals surface area contributed by atoms with Crippen LogP contribution in [-0.2, 0) is 12.7 Å². The minimum atomic E-state index is -4.50. The SMILES string of the molecule is O=c1ccc(-n2cncn2)nn1CC1CCN(c2ccc(C(F)(F)F)nn2)CC1. The number of hydrogen-bond donors (Lipinski definition) is 0. The van der Waals surface area contributed by atoms with Crippen molar-refractivity contribution in [1.29, 1.82) is 0 Å². The quantitative estimate of drug-likeness (QED) is 0.649. The Balaban J connectivity index is 1.39. The van der Waals surface area contributed by atoms with Gasteiger partial charge in [0.25, 0.3) is 5.56 Å². The fraction of sp³-hybridized carbons (Fsp3) is 0.412. The molecule has 0 aliphatic carbocycles. The summed E-state index contributed by atoms with van der Waals surface area (Å²) in [4.78, 5) is 17.9. The van der Waals surface area contributed by atoms with Crippen LogP contribution in [0.15, 0.2) is 41.7 Å². The Kier molecular flexibility index (Phi) is 4.99. The van der Waals surface area contributed by atoms with E-state index < -0.39 is 11.9 Å². The van der Waals surface area contributed by atoms with E-state index in [0.717, 1.165) is 18.9 Å². The molecular formula is C17H17F3N8O. The standard InChI is InChI=1S/C17H17F3N8O/c18-17(19,20)13-1-2-14(24-23-13)26-7-5-12(6-8-26)9-27-16(29)4-3-15(25-27)28-11-21-10-22-28/h1-4,10-12H,5-9H2. The van der Waals surface area contributed by atoms with Crippen LogP contribution in [0, 0.1) is 5.92 Å². The van der Waals surface area contributed by atoms with E-state index in [1.807, 2.05) is 4.90 Å². The lowest BCUT2D eigenvalue weighted by Gasteiger charge is -2.32. The van der Waals surface area contributed by atoms with Gasteiger partial charge >= 0.3 is 6.18 Å². The molecule has 1 saturated heterocycles. The molecule has 9 nitrogen and oxygen atoms in total. The van der Waals surface area contributed by atoms with Gasteiger partial charge in [-0.05, 0) is 37.0 Å². The van der Waals surface area contributed by atoms with Crippen molar-refractivity contribution in [3.63, 3.8) is 0 Å². The van der Waals surface area contributed by atoms with Crippen molar-refractivity contribution in [3.05, 3.63) is 53.0 Å². The Hall–Kier alpha value is -3.31. The largest absolute Gasteiger partial charge is 0.435 e. The van der Waals surface area contributed by atoms with Gasteiger partial charge in [0, 0.05) is 25.7 Å². The van der Waals surface area contributed by atoms with Crippen LogP contribution in [0.25, 0.3) is 5.82 Å². The van der Waals surface area contributed by atoms with Crippen molar-refractivity contribution in [1.82, 2.24) is 34.7 Å². The monoisotopic (exact) mass is 406 g/mol. The predicted molar refractivity (Wildman–Crippen MR) is 95.4 cm³/mol. The molecule has 0 amide bonds. The molecule has 3 aromatic heterocycles. The number of rotatable bonds is 4. The van der Waals surface area contributed by atoms with E-state index >= 15 is 0 Å². The maximum Gasteiger partial charge on any atom is 0.435 e. The van der Waals surface area contributed by atoms with Crippen molar-refractivity contribution in [2.75, 3.05) is 18.0 Å². The number of hydrogen-bond acceptors (Lipinski definition) is 7. The number of halogens is 3. The molecule has 3 aromatic rings. The van der Waals surface area contributed by atoms with Gasteiger partial charge < -0.3 is 4.90 Å². The smallest absolute Gasteiger partial charge is 0.355 e. The predicted octanol–water partition coefficient (Wildman–Crippen LogP) is 1.55. The average molecular weight is 406 g/mol. The van der Waals surface area contributed by atoms with Gasteiger partial charge in [-0.3, -0.25) is 4.79 Å². The van der Waals surface area contributed by atoms with E-state index in [9.17, 15) is 18.0 Å². The van der Waals surface area contributed by atoms with Crippen LogP contribution in [0.5, 0.6) is 0 Å². The number of nitrogens with zero attached hydrogens (tertiary/aromatic N) is 8. The highest BCUT2D eigenvalue weighted by molar-refractivity contribution is 5.38. The second-order valence-corrected chi connectivity index (χ2v) is 6.76. The van der Waals surface area contributed by atoms with Crippen molar-refractivity contribution in [2.45, 2.75) is 25.6 Å². The molecule has 152 valence electrons. The van der Waals surface area contributed by atoms with Gasteiger partial charge in [-0.2, -0.15) is 18.3 Å². The lowest BCUT2D eigenvalue weighted by Crippen LogP contribution is -2.37. The van der Waals surface area contributed by atoms with E-state index in [2.05, 4.69) is 25.4 Å². The van der Waals surface area contributed by atoms with Crippen LogP contribution in [0.3, 0.4) is 0 Å². The van der Waals surface area contributed by atoms with Crippen LogP contribution in [0.2, 0.25) is 0 Å². The van der Waals surface area contributed by atoms with Crippen molar-refractivity contribution in [2.24, 2.45) is 5.92 Å². The lowest BCUT2D eigenvalue weighted by molar-refractivity contribution is -0.141. The molecular weight excluding hydrogens is 389 g/mol. The summed E-state index contributed by atoms with van der Waals surface area (Å²) in [5, 5.41) is 15.3. The Bertz CT molecular complexity index is 1010. The Morgan fingerprint density at radius 3 is 2.41 bits per heavy atom. The zero-order valence-electron chi connectivity index (χ0n) is 15.2. The minimum Gasteiger partial charge on any atom is -0.355 e. The van der Waals surface area contributed by atoms with Crippen LogP contribution in [-0.4, -0.2) is 47.8 Å². The molecule has 12 heteroatoms. The van der Waals surface area contributed by atoms with E-state index in [0.29, 0.717) is 31.3 Å². The number of alkyl halides is 3. The number of aromatic nitrogens is 7. The maximum absolute atomic E-state index is 12.6. The fourth-order valence-corrected chi connectivity index (χ4v) is 3.25. The average Bonchev–Trinajstić information content (AvgIpc) is 3.25. The van der Waals surface area contributed by atoms with Crippen molar-refractivity contribution >= 4 is 5.82 Å². The topological polar surface area (TPSA) is 94.6 Å². The van der Waals surface area contributed by atoms with E-state index in [1.165, 1.54) is 34.2 Å². The first-order valence-corrected chi connectivity index (χ1v) is 8.99. The summed E-state index contributed by atoms with van der Waals surface area (Å²) in [6.45, 7) is 1.68. The van der Waals surface area contributed by atoms with E-state index in [-0.39, 0.29) is 11.5 Å². The molecule has 0 unspecified atom stereocenters. The molecule has 0 N–H and O–H groups in total. The molecule has 0 saturated carbocycles. The van der Waals surface area contributed by atoms with Gasteiger partial charge in [0.05, 0.1) is 0 Å². The van der Waals surface area contributed by atoms with Gasteiger partial charge in [-0.15, -0.1) is 15.3 Å². The summed E-state index contributed by atoms with van der Waals surface area (Å²) in [7, 11) is 0. The molecule has 0 aromatic carbocycles. The molecule has 0 radical (unpaired) electrons. The van der Waals surface area contributed by atoms with Crippen LogP contribution < -0.4 is 10.5 Å². The molecule has 0 spiro atoms. The molecule has 0 bridgehead atoms. The third-order valence-corrected chi connectivity index (χ3v) is 4.82. The van der Waals surface area contributed by atoms with E-state index in [1.54, 1.807) is 6.07 Å². The molecule has 0 atom stereocenters. The van der Waals surface area contributed by atoms with Crippen molar-refractivity contribution in [3.8, 4) is 5.82 Å². The first-order chi connectivity index (χ1) is 13.9. The first kappa shape index (κ1) is 19.0. The summed E-state index contributed by atoms with van der Waals surface area (Å²) >= 11 is 0. The fourth-order valence-electron chi connectivity index (χ4n) is 3.25. The molecule has 29 heavy (non-hydrogen) atoms. The molecule has 4 rings (SSSR count). The van der Waals surface area contributed by atoms with Gasteiger partial charge in [-0.25, -0.2) is 14.3 Å². The van der Waals surface area contributed by atoms with Crippen LogP contribution in [0.4, 0.5) is 19.0 Å². The Morgan fingerprint density at radius 2 is 1.79 bits per heavy atom. The second kappa shape index (κ2) is 7.60. The third-order valence-electron chi connectivity index (χ3n) is 4.82. The Labute approximate surface area is 162 Å². The highest BCUT2D eigenvalue weighted by Gasteiger charge is 2.33. The normalized spacial score (nSPS) is 15.6. The number of piperidine rings is 1. The lowest BCUT2D eigenvalue weighted by atomic mass is 9.97. The molecule has 1 aliphatic rings. The third kappa shape index (κ3) is 4.25. The highest BCUT2D eigenvalue weighted by atomic mass is 19.4. The zero-order valence-corrected chi connectivity index (χ0v) is 15.2. The van der Waals surface area contributed by atoms with Gasteiger partial charge in [0.2, 0.25) is 0 Å². The number of anilines is 1. The molecule has 1 fully saturated rings. The van der Waals surface area contributed by atoms with Crippen LogP contribution in [0.1, 0.15) is 18.5 Å². The zero-order chi connectivity index (χ0) is 20.4. The summed E-state index contributed by atoms with van der Waals surface area (Å²) < 4.78 is 40.7. The van der Waals surface area contributed by atoms with E-state index in [4.69, 9.17) is 0 Å². The summed E-state index contributed by atoms with van der Waals surface area (Å²) in [5.41, 5.74) is -1.21. The first-order valence-electron chi connectivity index (χ1n) is 8.99. The molecule has 4 heterocycles. The minimum absolute atomic E-state index is 0.204. The van der Waals surface area contributed by atoms with Crippen LogP contribution >= 0.6 is 0 Å². The van der Waals surface area contributed by atoms with Gasteiger partial charge in [-0.1, -0.05) is 0 Å². The van der Waals surface area contributed by atoms with Gasteiger partial charge in [0.15, 0.2) is 17.3 Å². The summed E-state index contributed by atoms with van der Waals surface area (Å²) in [6, 6.07) is 5.30. The van der Waals surface area contributed by atoms with Gasteiger partial charge in [0.1, 0.15) is 12.7 Å².